The molecule has 6 heteroatoms. The monoisotopic (exact) mass is 299 g/mol. The van der Waals surface area contributed by atoms with Gasteiger partial charge >= 0.3 is 0 Å². The van der Waals surface area contributed by atoms with Gasteiger partial charge in [0.05, 0.1) is 0 Å². The molecule has 3 rings (SSSR count). The number of hydrogen-bond donors (Lipinski definition) is 1. The molecule has 3 heterocycles. The summed E-state index contributed by atoms with van der Waals surface area (Å²) >= 11 is 5.07. The quantitative estimate of drug-likeness (QED) is 0.864. The Balaban J connectivity index is 1.80. The standard InChI is InChI=1S/C15H17N5S/c1-10-11(5-13(6-16)19(10)2)8-20-4-3-14-12(9-20)7-17-15(21)18-14/h5,7H,3-4,8-9H2,1-2H3,(H,17,18,21). The van der Waals surface area contributed by atoms with E-state index in [1.54, 1.807) is 0 Å². The smallest absolute Gasteiger partial charge is 0.196 e. The van der Waals surface area contributed by atoms with Gasteiger partial charge in [0.25, 0.3) is 0 Å². The van der Waals surface area contributed by atoms with Crippen molar-refractivity contribution in [1.29, 1.82) is 5.26 Å². The van der Waals surface area contributed by atoms with Crippen LogP contribution in [0.15, 0.2) is 12.3 Å². The van der Waals surface area contributed by atoms with Crippen LogP contribution in [0.3, 0.4) is 0 Å². The highest BCUT2D eigenvalue weighted by Gasteiger charge is 2.19. The molecule has 0 bridgehead atoms. The molecule has 0 aromatic carbocycles. The number of rotatable bonds is 2. The van der Waals surface area contributed by atoms with Crippen LogP contribution in [0.5, 0.6) is 0 Å². The number of nitriles is 1. The number of nitrogens with one attached hydrogen (secondary N) is 1. The van der Waals surface area contributed by atoms with E-state index in [1.165, 1.54) is 16.8 Å². The number of H-pyrrole nitrogens is 1. The summed E-state index contributed by atoms with van der Waals surface area (Å²) in [6.07, 6.45) is 2.83. The predicted octanol–water partition coefficient (Wildman–Crippen LogP) is 2.22. The van der Waals surface area contributed by atoms with Crippen molar-refractivity contribution in [3.63, 3.8) is 0 Å². The van der Waals surface area contributed by atoms with Gasteiger partial charge in [0.15, 0.2) is 4.77 Å². The highest BCUT2D eigenvalue weighted by atomic mass is 32.1. The molecule has 108 valence electrons. The van der Waals surface area contributed by atoms with Crippen LogP contribution >= 0.6 is 12.2 Å². The molecule has 0 amide bonds. The fourth-order valence-corrected chi connectivity index (χ4v) is 2.99. The molecule has 2 aromatic rings. The Morgan fingerprint density at radius 2 is 2.33 bits per heavy atom. The molecule has 1 N–H and O–H groups in total. The maximum Gasteiger partial charge on any atom is 0.196 e. The Morgan fingerprint density at radius 1 is 1.52 bits per heavy atom. The third kappa shape index (κ3) is 2.62. The molecular formula is C15H17N5S. The highest BCUT2D eigenvalue weighted by Crippen LogP contribution is 2.21. The van der Waals surface area contributed by atoms with E-state index < -0.39 is 0 Å². The molecule has 1 aliphatic heterocycles. The van der Waals surface area contributed by atoms with Crippen molar-refractivity contribution in [2.75, 3.05) is 6.54 Å². The van der Waals surface area contributed by atoms with Crippen molar-refractivity contribution in [2.24, 2.45) is 7.05 Å². The summed E-state index contributed by atoms with van der Waals surface area (Å²) < 4.78 is 2.51. The maximum atomic E-state index is 9.11. The molecule has 21 heavy (non-hydrogen) atoms. The van der Waals surface area contributed by atoms with Crippen molar-refractivity contribution in [1.82, 2.24) is 19.4 Å². The number of hydrogen-bond acceptors (Lipinski definition) is 4. The zero-order chi connectivity index (χ0) is 15.0. The molecular weight excluding hydrogens is 282 g/mol. The van der Waals surface area contributed by atoms with E-state index in [2.05, 4.69) is 27.9 Å². The van der Waals surface area contributed by atoms with Crippen LogP contribution in [-0.4, -0.2) is 26.0 Å². The zero-order valence-corrected chi connectivity index (χ0v) is 13.0. The molecule has 1 aliphatic rings. The third-order valence-corrected chi connectivity index (χ3v) is 4.41. The van der Waals surface area contributed by atoms with Crippen molar-refractivity contribution < 1.29 is 0 Å². The fraction of sp³-hybridized carbons (Fsp3) is 0.400. The number of nitrogens with zero attached hydrogens (tertiary/aromatic N) is 4. The van der Waals surface area contributed by atoms with Crippen LogP contribution in [0.25, 0.3) is 0 Å². The normalized spacial score (nSPS) is 14.7. The van der Waals surface area contributed by atoms with E-state index in [0.717, 1.165) is 31.7 Å². The molecule has 0 fully saturated rings. The lowest BCUT2D eigenvalue weighted by molar-refractivity contribution is 0.242. The molecule has 0 atom stereocenters. The predicted molar refractivity (Wildman–Crippen MR) is 82.1 cm³/mol. The summed E-state index contributed by atoms with van der Waals surface area (Å²) in [5.41, 5.74) is 5.50. The van der Waals surface area contributed by atoms with Gasteiger partial charge < -0.3 is 9.55 Å². The molecule has 5 nitrogen and oxygen atoms in total. The Bertz CT molecular complexity index is 780. The van der Waals surface area contributed by atoms with Gasteiger partial charge in [-0.2, -0.15) is 5.26 Å². The molecule has 0 aliphatic carbocycles. The van der Waals surface area contributed by atoms with Crippen LogP contribution in [0.1, 0.15) is 28.2 Å². The summed E-state index contributed by atoms with van der Waals surface area (Å²) in [7, 11) is 1.94. The van der Waals surface area contributed by atoms with Gasteiger partial charge in [0.1, 0.15) is 11.8 Å². The Morgan fingerprint density at radius 3 is 3.05 bits per heavy atom. The Kier molecular flexibility index (Phi) is 3.62. The van der Waals surface area contributed by atoms with Crippen LogP contribution in [-0.2, 0) is 26.6 Å². The first-order valence-corrected chi connectivity index (χ1v) is 7.34. The number of aromatic amines is 1. The largest absolute Gasteiger partial charge is 0.340 e. The SMILES string of the molecule is Cc1c(CN2CCc3[nH]c(=S)ncc3C2)cc(C#N)n1C. The summed E-state index contributed by atoms with van der Waals surface area (Å²) in [5, 5.41) is 9.11. The van der Waals surface area contributed by atoms with E-state index in [0.29, 0.717) is 10.5 Å². The summed E-state index contributed by atoms with van der Waals surface area (Å²) in [6.45, 7) is 4.77. The lowest BCUT2D eigenvalue weighted by Gasteiger charge is -2.28. The van der Waals surface area contributed by atoms with Gasteiger partial charge in [0.2, 0.25) is 0 Å². The van der Waals surface area contributed by atoms with Crippen LogP contribution in [0, 0.1) is 23.0 Å². The third-order valence-electron chi connectivity index (χ3n) is 4.20. The topological polar surface area (TPSA) is 60.6 Å². The van der Waals surface area contributed by atoms with Crippen molar-refractivity contribution in [2.45, 2.75) is 26.4 Å². The second-order valence-electron chi connectivity index (χ2n) is 5.46. The van der Waals surface area contributed by atoms with Crippen molar-refractivity contribution in [3.8, 4) is 6.07 Å². The number of aromatic nitrogens is 3. The summed E-state index contributed by atoms with van der Waals surface area (Å²) in [5.74, 6) is 0. The van der Waals surface area contributed by atoms with Gasteiger partial charge in [-0.05, 0) is 30.8 Å². The van der Waals surface area contributed by atoms with Crippen LogP contribution in [0.4, 0.5) is 0 Å². The van der Waals surface area contributed by atoms with Crippen LogP contribution < -0.4 is 0 Å². The second kappa shape index (κ2) is 5.43. The van der Waals surface area contributed by atoms with Gasteiger partial charge in [-0.15, -0.1) is 0 Å². The van der Waals surface area contributed by atoms with Gasteiger partial charge in [-0.1, -0.05) is 0 Å². The molecule has 0 spiro atoms. The Labute approximate surface area is 128 Å². The van der Waals surface area contributed by atoms with Crippen molar-refractivity contribution >= 4 is 12.2 Å². The lowest BCUT2D eigenvalue weighted by Crippen LogP contribution is -2.31. The highest BCUT2D eigenvalue weighted by molar-refractivity contribution is 7.71. The molecule has 0 radical (unpaired) electrons. The van der Waals surface area contributed by atoms with E-state index in [1.807, 2.05) is 23.9 Å². The molecule has 0 unspecified atom stereocenters. The van der Waals surface area contributed by atoms with E-state index in [4.69, 9.17) is 17.5 Å². The molecule has 0 saturated carbocycles. The fourth-order valence-electron chi connectivity index (χ4n) is 2.81. The average molecular weight is 299 g/mol. The minimum atomic E-state index is 0.555. The van der Waals surface area contributed by atoms with E-state index in [-0.39, 0.29) is 0 Å². The first-order valence-electron chi connectivity index (χ1n) is 6.93. The lowest BCUT2D eigenvalue weighted by atomic mass is 10.1. The Hall–Kier alpha value is -1.97. The average Bonchev–Trinajstić information content (AvgIpc) is 2.75. The van der Waals surface area contributed by atoms with E-state index in [9.17, 15) is 0 Å². The van der Waals surface area contributed by atoms with Gasteiger partial charge in [-0.3, -0.25) is 4.90 Å². The maximum absolute atomic E-state index is 9.11. The van der Waals surface area contributed by atoms with Crippen LogP contribution in [0.2, 0.25) is 0 Å². The zero-order valence-electron chi connectivity index (χ0n) is 12.2. The minimum Gasteiger partial charge on any atom is -0.340 e. The van der Waals surface area contributed by atoms with Gasteiger partial charge in [0, 0.05) is 56.3 Å². The van der Waals surface area contributed by atoms with E-state index >= 15 is 0 Å². The summed E-state index contributed by atoms with van der Waals surface area (Å²) in [4.78, 5) is 9.72. The first kappa shape index (κ1) is 14.0. The number of fused-ring (bicyclic) bond motifs is 1. The second-order valence-corrected chi connectivity index (χ2v) is 5.85. The minimum absolute atomic E-state index is 0.555. The van der Waals surface area contributed by atoms with Gasteiger partial charge in [-0.25, -0.2) is 4.98 Å². The summed E-state index contributed by atoms with van der Waals surface area (Å²) in [6, 6.07) is 4.22. The molecule has 0 saturated heterocycles. The van der Waals surface area contributed by atoms with Crippen molar-refractivity contribution in [3.05, 3.63) is 45.2 Å². The molecule has 2 aromatic heterocycles. The first-order chi connectivity index (χ1) is 10.1.